The summed E-state index contributed by atoms with van der Waals surface area (Å²) >= 11 is 0. The summed E-state index contributed by atoms with van der Waals surface area (Å²) in [5.74, 6) is 0.579. The van der Waals surface area contributed by atoms with Crippen LogP contribution in [0.25, 0.3) is 11.3 Å². The second-order valence-electron chi connectivity index (χ2n) is 7.12. The van der Waals surface area contributed by atoms with Gasteiger partial charge in [0.05, 0.1) is 24.5 Å². The molecule has 0 spiro atoms. The van der Waals surface area contributed by atoms with Crippen LogP contribution in [0, 0.1) is 0 Å². The fourth-order valence-corrected chi connectivity index (χ4v) is 4.20. The van der Waals surface area contributed by atoms with E-state index in [0.717, 1.165) is 60.9 Å². The van der Waals surface area contributed by atoms with Crippen LogP contribution in [0.1, 0.15) is 23.6 Å². The molecule has 0 radical (unpaired) electrons. The first kappa shape index (κ1) is 17.3. The highest BCUT2D eigenvalue weighted by Gasteiger charge is 2.32. The smallest absolute Gasteiger partial charge is 0.260 e. The molecule has 0 saturated carbocycles. The zero-order valence-electron chi connectivity index (χ0n) is 15.9. The molecule has 6 heteroatoms. The Morgan fingerprint density at radius 2 is 1.93 bits per heavy atom. The Bertz CT molecular complexity index is 963. The fourth-order valence-electron chi connectivity index (χ4n) is 4.20. The number of carbonyl (C=O) groups excluding carboxylic acids is 1. The lowest BCUT2D eigenvalue weighted by Crippen LogP contribution is -2.49. The molecule has 3 heterocycles. The van der Waals surface area contributed by atoms with Crippen LogP contribution in [0.5, 0.6) is 0 Å². The van der Waals surface area contributed by atoms with Crippen LogP contribution in [0.3, 0.4) is 0 Å². The van der Waals surface area contributed by atoms with E-state index >= 15 is 0 Å². The van der Waals surface area contributed by atoms with Crippen molar-refractivity contribution in [3.63, 3.8) is 0 Å². The molecule has 2 aromatic carbocycles. The number of amides is 1. The molecule has 3 aliphatic heterocycles. The van der Waals surface area contributed by atoms with Gasteiger partial charge in [-0.2, -0.15) is 0 Å². The highest BCUT2D eigenvalue weighted by molar-refractivity contribution is 6.36. The summed E-state index contributed by atoms with van der Waals surface area (Å²) in [4.78, 5) is 12.6. The minimum absolute atomic E-state index is 0.100. The summed E-state index contributed by atoms with van der Waals surface area (Å²) in [6, 6.07) is 14.1. The average molecular weight is 377 g/mol. The predicted molar refractivity (Wildman–Crippen MR) is 109 cm³/mol. The number of hydrogen-bond acceptors (Lipinski definition) is 5. The molecule has 1 N–H and O–H groups in total. The molecule has 1 fully saturated rings. The Kier molecular flexibility index (Phi) is 4.30. The Morgan fingerprint density at radius 1 is 1.11 bits per heavy atom. The van der Waals surface area contributed by atoms with E-state index in [2.05, 4.69) is 40.5 Å². The van der Waals surface area contributed by atoms with Crippen molar-refractivity contribution in [3.8, 4) is 0 Å². The topological polar surface area (TPSA) is 54.0 Å². The van der Waals surface area contributed by atoms with Crippen LogP contribution in [0.15, 0.2) is 42.5 Å². The minimum atomic E-state index is -0.100. The second-order valence-corrected chi connectivity index (χ2v) is 7.12. The molecule has 0 bridgehead atoms. The van der Waals surface area contributed by atoms with Crippen molar-refractivity contribution in [2.24, 2.45) is 0 Å². The van der Waals surface area contributed by atoms with Crippen LogP contribution in [0.4, 0.5) is 11.4 Å². The van der Waals surface area contributed by atoms with Crippen molar-refractivity contribution in [2.45, 2.75) is 13.5 Å². The van der Waals surface area contributed by atoms with Gasteiger partial charge in [-0.3, -0.25) is 4.79 Å². The summed E-state index contributed by atoms with van der Waals surface area (Å²) in [5.41, 5.74) is 5.64. The third kappa shape index (κ3) is 2.77. The Hall–Kier alpha value is -2.83. The van der Waals surface area contributed by atoms with Gasteiger partial charge in [-0.15, -0.1) is 0 Å². The number of para-hydroxylation sites is 1. The fraction of sp³-hybridized carbons (Fsp3) is 0.318. The van der Waals surface area contributed by atoms with Crippen molar-refractivity contribution >= 4 is 28.6 Å². The largest absolute Gasteiger partial charge is 0.487 e. The van der Waals surface area contributed by atoms with Crippen molar-refractivity contribution in [3.05, 3.63) is 59.2 Å². The molecule has 0 aliphatic carbocycles. The van der Waals surface area contributed by atoms with Gasteiger partial charge in [0.1, 0.15) is 12.4 Å². The second kappa shape index (κ2) is 6.96. The van der Waals surface area contributed by atoms with Gasteiger partial charge in [-0.05, 0) is 31.2 Å². The number of nitrogens with zero attached hydrogens (tertiary/aromatic N) is 2. The highest BCUT2D eigenvalue weighted by Crippen LogP contribution is 2.42. The van der Waals surface area contributed by atoms with E-state index in [-0.39, 0.29) is 5.91 Å². The Balaban J connectivity index is 1.52. The first-order valence-corrected chi connectivity index (χ1v) is 9.77. The Morgan fingerprint density at radius 3 is 2.75 bits per heavy atom. The molecular formula is C22H23N3O3. The van der Waals surface area contributed by atoms with E-state index in [1.807, 2.05) is 24.3 Å². The number of hydrogen-bond donors (Lipinski definition) is 1. The maximum absolute atomic E-state index is 12.6. The highest BCUT2D eigenvalue weighted by atomic mass is 16.5. The first-order valence-electron chi connectivity index (χ1n) is 9.77. The van der Waals surface area contributed by atoms with Crippen molar-refractivity contribution in [1.29, 1.82) is 0 Å². The zero-order valence-corrected chi connectivity index (χ0v) is 15.9. The molecule has 0 atom stereocenters. The van der Waals surface area contributed by atoms with Gasteiger partial charge in [0.25, 0.3) is 5.91 Å². The number of rotatable bonds is 3. The molecule has 5 rings (SSSR count). The summed E-state index contributed by atoms with van der Waals surface area (Å²) in [5, 5.41) is 7.56. The van der Waals surface area contributed by atoms with Crippen molar-refractivity contribution in [1.82, 2.24) is 5.01 Å². The van der Waals surface area contributed by atoms with E-state index in [0.29, 0.717) is 17.9 Å². The van der Waals surface area contributed by atoms with E-state index in [1.165, 1.54) is 0 Å². The van der Waals surface area contributed by atoms with Gasteiger partial charge in [-0.25, -0.2) is 5.01 Å². The Labute approximate surface area is 164 Å². The number of morpholine rings is 1. The molecule has 0 aromatic heterocycles. The number of anilines is 2. The number of fused-ring (bicyclic) bond motifs is 2. The van der Waals surface area contributed by atoms with Crippen LogP contribution in [-0.4, -0.2) is 43.8 Å². The van der Waals surface area contributed by atoms with Crippen molar-refractivity contribution < 1.29 is 14.3 Å². The van der Waals surface area contributed by atoms with Gasteiger partial charge in [0, 0.05) is 42.0 Å². The molecule has 0 unspecified atom stereocenters. The zero-order chi connectivity index (χ0) is 19.1. The lowest BCUT2D eigenvalue weighted by molar-refractivity contribution is -0.110. The quantitative estimate of drug-likeness (QED) is 0.833. The molecule has 144 valence electrons. The maximum Gasteiger partial charge on any atom is 0.260 e. The maximum atomic E-state index is 12.6. The van der Waals surface area contributed by atoms with Crippen LogP contribution in [-0.2, 0) is 20.9 Å². The lowest BCUT2D eigenvalue weighted by atomic mass is 10.00. The molecule has 2 aromatic rings. The van der Waals surface area contributed by atoms with Gasteiger partial charge in [-0.1, -0.05) is 18.2 Å². The average Bonchev–Trinajstić information content (AvgIpc) is 3.28. The molecule has 28 heavy (non-hydrogen) atoms. The first-order chi connectivity index (χ1) is 13.8. The summed E-state index contributed by atoms with van der Waals surface area (Å²) < 4.78 is 11.5. The number of ether oxygens (including phenoxy) is 2. The summed E-state index contributed by atoms with van der Waals surface area (Å²) in [6.07, 6.45) is 0. The van der Waals surface area contributed by atoms with E-state index < -0.39 is 0 Å². The number of nitrogens with one attached hydrogen (secondary N) is 1. The summed E-state index contributed by atoms with van der Waals surface area (Å²) in [7, 11) is 0. The molecule has 6 nitrogen and oxygen atoms in total. The van der Waals surface area contributed by atoms with Gasteiger partial charge < -0.3 is 19.8 Å². The number of hydrazine groups is 1. The van der Waals surface area contributed by atoms with E-state index in [4.69, 9.17) is 9.47 Å². The SMILES string of the molecule is CCN(c1ccc2c(c1)COC2=C1C(=O)Nc2ccccc21)N1CCOCC1. The van der Waals surface area contributed by atoms with Gasteiger partial charge in [0.15, 0.2) is 0 Å². The van der Waals surface area contributed by atoms with Crippen LogP contribution < -0.4 is 10.3 Å². The van der Waals surface area contributed by atoms with Gasteiger partial charge >= 0.3 is 0 Å². The molecule has 3 aliphatic rings. The third-order valence-corrected chi connectivity index (χ3v) is 5.53. The predicted octanol–water partition coefficient (Wildman–Crippen LogP) is 3.11. The molecule has 1 amide bonds. The van der Waals surface area contributed by atoms with Crippen molar-refractivity contribution in [2.75, 3.05) is 43.2 Å². The lowest BCUT2D eigenvalue weighted by Gasteiger charge is -2.38. The number of carbonyl (C=O) groups is 1. The van der Waals surface area contributed by atoms with E-state index in [1.54, 1.807) is 0 Å². The van der Waals surface area contributed by atoms with Gasteiger partial charge in [0.2, 0.25) is 0 Å². The van der Waals surface area contributed by atoms with Crippen LogP contribution in [0.2, 0.25) is 0 Å². The third-order valence-electron chi connectivity index (χ3n) is 5.53. The summed E-state index contributed by atoms with van der Waals surface area (Å²) in [6.45, 7) is 6.85. The molecule has 1 saturated heterocycles. The standard InChI is InChI=1S/C22H23N3O3/c1-2-25(24-9-11-27-12-10-24)16-7-8-17-15(13-16)14-28-21(17)20-18-5-3-4-6-19(18)23-22(20)26/h3-8,13H,2,9-12,14H2,1H3,(H,23,26). The number of benzene rings is 2. The van der Waals surface area contributed by atoms with Crippen LogP contribution >= 0.6 is 0 Å². The normalized spacial score (nSPS) is 21.1. The minimum Gasteiger partial charge on any atom is -0.487 e. The van der Waals surface area contributed by atoms with E-state index in [9.17, 15) is 4.79 Å². The monoisotopic (exact) mass is 377 g/mol. The molecular weight excluding hydrogens is 354 g/mol.